The van der Waals surface area contributed by atoms with Gasteiger partial charge in [-0.1, -0.05) is 33.7 Å². The smallest absolute Gasteiger partial charge is 0.462 e. The number of rotatable bonds is 32. The van der Waals surface area contributed by atoms with Gasteiger partial charge in [-0.25, -0.2) is 13.7 Å². The molecule has 4 N–H and O–H groups in total. The molecule has 2 rings (SSSR count). The molecule has 0 saturated carbocycles. The molecule has 4 unspecified atom stereocenters. The van der Waals surface area contributed by atoms with Gasteiger partial charge in [0.25, 0.3) is 0 Å². The first-order chi connectivity index (χ1) is 26.8. The molecule has 1 saturated heterocycles. The van der Waals surface area contributed by atoms with Crippen LogP contribution in [0.5, 0.6) is 0 Å². The van der Waals surface area contributed by atoms with Crippen LogP contribution in [-0.4, -0.2) is 126 Å². The quantitative estimate of drug-likeness (QED) is 0.0150. The Morgan fingerprint density at radius 2 is 1.44 bits per heavy atom. The summed E-state index contributed by atoms with van der Waals surface area (Å²) in [4.78, 5) is 60.8. The fourth-order valence-electron chi connectivity index (χ4n) is 5.37. The van der Waals surface area contributed by atoms with Gasteiger partial charge >= 0.3 is 29.4 Å². The first kappa shape index (κ1) is 52.9. The van der Waals surface area contributed by atoms with E-state index in [0.717, 1.165) is 32.1 Å². The highest BCUT2D eigenvalue weighted by atomic mass is 33.1. The molecule has 6 atom stereocenters. The number of phosphoric acid groups is 3. The normalized spacial score (nSPS) is 23.3. The lowest BCUT2D eigenvalue weighted by molar-refractivity contribution is -0.150. The molecule has 1 heterocycles. The van der Waals surface area contributed by atoms with Crippen LogP contribution in [0.2, 0.25) is 0 Å². The van der Waals surface area contributed by atoms with E-state index < -0.39 is 42.3 Å². The fraction of sp³-hybridized carbons (Fsp3) is 0.879. The van der Waals surface area contributed by atoms with Gasteiger partial charge in [-0.2, -0.15) is 8.62 Å². The predicted octanol–water partition coefficient (Wildman–Crippen LogP) is 6.03. The van der Waals surface area contributed by atoms with Crippen LogP contribution in [0.15, 0.2) is 12.2 Å². The molecule has 0 aromatic rings. The lowest BCUT2D eigenvalue weighted by Crippen LogP contribution is -2.29. The maximum absolute atomic E-state index is 12.4. The van der Waals surface area contributed by atoms with Crippen LogP contribution in [0.4, 0.5) is 0 Å². The summed E-state index contributed by atoms with van der Waals surface area (Å²) in [5, 5.41) is 0. The molecule has 57 heavy (non-hydrogen) atoms. The van der Waals surface area contributed by atoms with Gasteiger partial charge in [0.05, 0.1) is 65.1 Å². The summed E-state index contributed by atoms with van der Waals surface area (Å²) < 4.78 is 85.4. The SMILES string of the molecule is C[C@H]1CC(OCSSC(C)(C)CCC(=O)CCOCCOCCOCCOCCCC(=O)OC2CC/C=C/CCC2)[C@@H](COP(=O)(O)OP(=O)(O)OP(=O)(O)O)O1. The molecule has 1 fully saturated rings. The van der Waals surface area contributed by atoms with Crippen LogP contribution in [0.1, 0.15) is 91.4 Å². The van der Waals surface area contributed by atoms with Gasteiger partial charge in [-0.3, -0.25) is 14.1 Å². The largest absolute Gasteiger partial charge is 0.490 e. The van der Waals surface area contributed by atoms with Gasteiger partial charge in [0, 0.05) is 37.0 Å². The Bertz CT molecular complexity index is 1340. The number of esters is 1. The van der Waals surface area contributed by atoms with Crippen LogP contribution in [0, 0.1) is 0 Å². The lowest BCUT2D eigenvalue weighted by atomic mass is 10.0. The van der Waals surface area contributed by atoms with Crippen molar-refractivity contribution in [3.05, 3.63) is 12.2 Å². The van der Waals surface area contributed by atoms with Crippen LogP contribution in [0.25, 0.3) is 0 Å². The number of ether oxygens (including phenoxy) is 7. The maximum Gasteiger partial charge on any atom is 0.490 e. The van der Waals surface area contributed by atoms with E-state index in [1.54, 1.807) is 6.92 Å². The molecule has 0 aromatic carbocycles. The van der Waals surface area contributed by atoms with E-state index in [1.165, 1.54) is 21.6 Å². The van der Waals surface area contributed by atoms with Crippen LogP contribution in [-0.2, 0) is 69.6 Å². The van der Waals surface area contributed by atoms with Crippen LogP contribution in [0.3, 0.4) is 0 Å². The molecule has 0 spiro atoms. The Kier molecular flexibility index (Phi) is 26.3. The minimum absolute atomic E-state index is 0.0198. The second-order valence-corrected chi connectivity index (χ2v) is 21.2. The van der Waals surface area contributed by atoms with E-state index in [0.29, 0.717) is 91.4 Å². The van der Waals surface area contributed by atoms with Gasteiger partial charge in [0.2, 0.25) is 0 Å². The van der Waals surface area contributed by atoms with Crippen molar-refractivity contribution >= 4 is 56.8 Å². The van der Waals surface area contributed by atoms with Crippen LogP contribution < -0.4 is 0 Å². The Labute approximate surface area is 343 Å². The molecule has 0 amide bonds. The zero-order chi connectivity index (χ0) is 42.2. The summed E-state index contributed by atoms with van der Waals surface area (Å²) in [6, 6.07) is 0. The highest BCUT2D eigenvalue weighted by Crippen LogP contribution is 2.66. The van der Waals surface area contributed by atoms with E-state index in [9.17, 15) is 33.1 Å². The number of hydrogen-bond donors (Lipinski definition) is 4. The summed E-state index contributed by atoms with van der Waals surface area (Å²) in [5.41, 5.74) is 0. The number of carbonyl (C=O) groups excluding carboxylic acids is 2. The number of carbonyl (C=O) groups is 2. The lowest BCUT2D eigenvalue weighted by Gasteiger charge is -2.24. The topological polar surface area (TPSA) is 259 Å². The van der Waals surface area contributed by atoms with Crippen LogP contribution >= 0.6 is 45.1 Å². The Hall–Kier alpha value is -0.250. The third-order valence-corrected chi connectivity index (χ3v) is 15.0. The minimum atomic E-state index is -5.62. The zero-order valence-corrected chi connectivity index (χ0v) is 37.2. The van der Waals surface area contributed by atoms with Gasteiger partial charge in [0.15, 0.2) is 0 Å². The molecule has 24 heteroatoms. The summed E-state index contributed by atoms with van der Waals surface area (Å²) in [7, 11) is -13.5. The van der Waals surface area contributed by atoms with Gasteiger partial charge in [0.1, 0.15) is 23.9 Å². The number of hydrogen-bond acceptors (Lipinski definition) is 17. The number of allylic oxidation sites excluding steroid dienone is 2. The van der Waals surface area contributed by atoms with Crippen molar-refractivity contribution in [2.45, 2.75) is 121 Å². The number of ketones is 1. The third-order valence-electron chi connectivity index (χ3n) is 8.15. The van der Waals surface area contributed by atoms with E-state index in [1.807, 2.05) is 13.8 Å². The second kappa shape index (κ2) is 28.4. The van der Waals surface area contributed by atoms with Gasteiger partial charge in [-0.05, 0) is 65.7 Å². The molecular formula is C33H61O19P3S2. The number of phosphoric ester groups is 1. The molecule has 2 aliphatic rings. The molecule has 0 radical (unpaired) electrons. The van der Waals surface area contributed by atoms with E-state index in [4.69, 9.17) is 47.5 Å². The predicted molar refractivity (Wildman–Crippen MR) is 211 cm³/mol. The molecule has 334 valence electrons. The Morgan fingerprint density at radius 1 is 0.807 bits per heavy atom. The monoisotopic (exact) mass is 918 g/mol. The summed E-state index contributed by atoms with van der Waals surface area (Å²) in [6.45, 7) is 8.37. The van der Waals surface area contributed by atoms with E-state index in [-0.39, 0.29) is 34.6 Å². The van der Waals surface area contributed by atoms with E-state index in [2.05, 4.69) is 20.8 Å². The molecule has 1 aliphatic carbocycles. The highest BCUT2D eigenvalue weighted by Gasteiger charge is 2.42. The average Bonchev–Trinajstić information content (AvgIpc) is 3.45. The van der Waals surface area contributed by atoms with Gasteiger partial charge < -0.3 is 52.7 Å². The first-order valence-electron chi connectivity index (χ1n) is 18.9. The van der Waals surface area contributed by atoms with Crippen molar-refractivity contribution < 1.29 is 89.2 Å². The van der Waals surface area contributed by atoms with Crippen molar-refractivity contribution in [1.29, 1.82) is 0 Å². The molecule has 19 nitrogen and oxygen atoms in total. The van der Waals surface area contributed by atoms with Crippen molar-refractivity contribution in [2.24, 2.45) is 0 Å². The first-order valence-corrected chi connectivity index (χ1v) is 25.7. The van der Waals surface area contributed by atoms with Gasteiger partial charge in [-0.15, -0.1) is 0 Å². The maximum atomic E-state index is 12.4. The second-order valence-electron chi connectivity index (χ2n) is 13.8. The molecule has 1 aliphatic heterocycles. The molecule has 0 bridgehead atoms. The zero-order valence-electron chi connectivity index (χ0n) is 32.9. The summed E-state index contributed by atoms with van der Waals surface area (Å²) >= 11 is 0. The van der Waals surface area contributed by atoms with Crippen molar-refractivity contribution in [1.82, 2.24) is 0 Å². The molecular weight excluding hydrogens is 857 g/mol. The summed E-state index contributed by atoms with van der Waals surface area (Å²) in [6.07, 6.45) is 10.2. The fourth-order valence-corrected chi connectivity index (χ4v) is 10.7. The Balaban J connectivity index is 1.43. The average molecular weight is 919 g/mol. The minimum Gasteiger partial charge on any atom is -0.462 e. The molecule has 0 aromatic heterocycles. The van der Waals surface area contributed by atoms with Crippen molar-refractivity contribution in [3.63, 3.8) is 0 Å². The Morgan fingerprint density at radius 3 is 2.11 bits per heavy atom. The summed E-state index contributed by atoms with van der Waals surface area (Å²) in [5.74, 6) is 0.134. The van der Waals surface area contributed by atoms with Crippen molar-refractivity contribution in [2.75, 3.05) is 65.4 Å². The number of Topliss-reactive ketones (excluding diaryl/α,β-unsaturated/α-hetero) is 1. The third kappa shape index (κ3) is 28.1. The standard InChI is InChI=1S/C33H61O19P3S2/c1-27-24-30(31(49-27)25-48-54(39,40)52-55(41,42)51-53(36,37)38)47-26-56-57-33(2,3)15-13-28(34)14-17-44-19-21-46-23-22-45-20-18-43-16-9-12-32(35)50-29-10-7-5-4-6-8-11-29/h4-5,27,29-31H,6-26H2,1-3H3,(H,39,40)(H,41,42)(H2,36,37,38)/b5-4+/t27-,29?,30?,31+/m0/s1. The highest BCUT2D eigenvalue weighted by molar-refractivity contribution is 8.77. The van der Waals surface area contributed by atoms with Crippen molar-refractivity contribution in [3.8, 4) is 0 Å². The van der Waals surface area contributed by atoms with E-state index >= 15 is 0 Å².